The molecule has 4 aromatic rings. The van der Waals surface area contributed by atoms with E-state index in [2.05, 4.69) is 10.3 Å². The number of methoxy groups -OCH3 is 3. The Morgan fingerprint density at radius 2 is 1.56 bits per heavy atom. The summed E-state index contributed by atoms with van der Waals surface area (Å²) in [5, 5.41) is 2.91. The van der Waals surface area contributed by atoms with Crippen LogP contribution in [0.5, 0.6) is 17.2 Å². The van der Waals surface area contributed by atoms with Crippen LogP contribution in [0, 0.1) is 0 Å². The van der Waals surface area contributed by atoms with Crippen LogP contribution in [-0.2, 0) is 0 Å². The third-order valence-electron chi connectivity index (χ3n) is 6.33. The molecule has 0 spiro atoms. The number of ether oxygens (including phenoxy) is 3. The zero-order valence-corrected chi connectivity index (χ0v) is 23.0. The van der Waals surface area contributed by atoms with Crippen LogP contribution in [0.2, 0.25) is 0 Å². The maximum atomic E-state index is 13.4. The fraction of sp³-hybridized carbons (Fsp3) is 0.276. The van der Waals surface area contributed by atoms with E-state index < -0.39 is 0 Å². The van der Waals surface area contributed by atoms with Crippen LogP contribution in [-0.4, -0.2) is 82.2 Å². The summed E-state index contributed by atoms with van der Waals surface area (Å²) in [5.41, 5.74) is 4.53. The van der Waals surface area contributed by atoms with Crippen molar-refractivity contribution in [3.05, 3.63) is 65.9 Å². The molecule has 4 rings (SSSR count). The fourth-order valence-corrected chi connectivity index (χ4v) is 4.13. The predicted octanol–water partition coefficient (Wildman–Crippen LogP) is 3.82. The molecule has 0 aliphatic rings. The summed E-state index contributed by atoms with van der Waals surface area (Å²) < 4.78 is 16.2. The van der Waals surface area contributed by atoms with Gasteiger partial charge in [-0.3, -0.25) is 9.59 Å². The first-order chi connectivity index (χ1) is 18.7. The molecule has 0 radical (unpaired) electrons. The lowest BCUT2D eigenvalue weighted by Gasteiger charge is -2.20. The third-order valence-corrected chi connectivity index (χ3v) is 6.33. The Balaban J connectivity index is 1.54. The van der Waals surface area contributed by atoms with E-state index in [1.54, 1.807) is 37.4 Å². The molecule has 0 atom stereocenters. The molecule has 10 nitrogen and oxygen atoms in total. The highest BCUT2D eigenvalue weighted by Crippen LogP contribution is 2.41. The molecule has 2 aromatic heterocycles. The highest BCUT2D eigenvalue weighted by molar-refractivity contribution is 6.07. The Morgan fingerprint density at radius 1 is 0.897 bits per heavy atom. The topological polar surface area (TPSA) is 109 Å². The zero-order chi connectivity index (χ0) is 28.1. The molecular formula is C29H33N5O5. The fourth-order valence-electron chi connectivity index (χ4n) is 4.13. The van der Waals surface area contributed by atoms with Crippen molar-refractivity contribution in [2.45, 2.75) is 0 Å². The maximum Gasteiger partial charge on any atom is 0.274 e. The van der Waals surface area contributed by atoms with E-state index in [0.717, 1.165) is 23.3 Å². The molecule has 0 saturated carbocycles. The van der Waals surface area contributed by atoms with Crippen molar-refractivity contribution < 1.29 is 23.8 Å². The smallest absolute Gasteiger partial charge is 0.274 e. The first-order valence-corrected chi connectivity index (χ1v) is 12.4. The first kappa shape index (κ1) is 27.5. The average molecular weight is 532 g/mol. The zero-order valence-electron chi connectivity index (χ0n) is 23.0. The number of carbonyl (C=O) groups excluding carboxylic acids is 2. The number of carbonyl (C=O) groups is 2. The SMILES string of the molecule is COc1cc(N(C)C(=O)c2cc3nc(-c4ccc(C(=O)NCCN(C)C)cc4)ccc3[nH]2)cc(OC)c1OC. The van der Waals surface area contributed by atoms with E-state index in [4.69, 9.17) is 19.2 Å². The normalized spacial score (nSPS) is 10.9. The number of aromatic nitrogens is 2. The van der Waals surface area contributed by atoms with Gasteiger partial charge in [-0.15, -0.1) is 0 Å². The molecule has 39 heavy (non-hydrogen) atoms. The molecule has 0 unspecified atom stereocenters. The van der Waals surface area contributed by atoms with E-state index in [-0.39, 0.29) is 11.8 Å². The van der Waals surface area contributed by atoms with Gasteiger partial charge in [-0.2, -0.15) is 0 Å². The summed E-state index contributed by atoms with van der Waals surface area (Å²) >= 11 is 0. The summed E-state index contributed by atoms with van der Waals surface area (Å²) in [6.45, 7) is 1.35. The van der Waals surface area contributed by atoms with Crippen molar-refractivity contribution in [2.24, 2.45) is 0 Å². The second kappa shape index (κ2) is 11.9. The van der Waals surface area contributed by atoms with Crippen LogP contribution in [0.3, 0.4) is 0 Å². The van der Waals surface area contributed by atoms with Gasteiger partial charge in [0.2, 0.25) is 5.75 Å². The standard InChI is InChI=1S/C29H33N5O5/c1-33(2)14-13-30-28(35)19-9-7-18(8-10-19)21-11-12-22-23(31-21)17-24(32-22)29(36)34(3)20-15-25(37-4)27(39-6)26(16-20)38-5/h7-12,15-17,32H,13-14H2,1-6H3,(H,30,35). The lowest BCUT2D eigenvalue weighted by molar-refractivity contribution is 0.0949. The summed E-state index contributed by atoms with van der Waals surface area (Å²) in [6.07, 6.45) is 0. The quantitative estimate of drug-likeness (QED) is 0.320. The van der Waals surface area contributed by atoms with Gasteiger partial charge in [0, 0.05) is 43.4 Å². The van der Waals surface area contributed by atoms with Crippen LogP contribution in [0.25, 0.3) is 22.3 Å². The highest BCUT2D eigenvalue weighted by atomic mass is 16.5. The van der Waals surface area contributed by atoms with Gasteiger partial charge in [0.25, 0.3) is 11.8 Å². The molecule has 2 aromatic carbocycles. The number of amides is 2. The molecule has 2 N–H and O–H groups in total. The van der Waals surface area contributed by atoms with Crippen molar-refractivity contribution >= 4 is 28.5 Å². The van der Waals surface area contributed by atoms with Gasteiger partial charge in [0.15, 0.2) is 11.5 Å². The minimum atomic E-state index is -0.256. The number of aromatic amines is 1. The number of nitrogens with zero attached hydrogens (tertiary/aromatic N) is 3. The van der Waals surface area contributed by atoms with Crippen LogP contribution in [0.15, 0.2) is 54.6 Å². The second-order valence-electron chi connectivity index (χ2n) is 9.20. The molecule has 0 aliphatic heterocycles. The lowest BCUT2D eigenvalue weighted by Crippen LogP contribution is -2.31. The lowest BCUT2D eigenvalue weighted by atomic mass is 10.1. The van der Waals surface area contributed by atoms with Gasteiger partial charge in [0.1, 0.15) is 5.69 Å². The summed E-state index contributed by atoms with van der Waals surface area (Å²) in [7, 11) is 10.2. The third kappa shape index (κ3) is 5.96. The number of likely N-dealkylation sites (N-methyl/N-ethyl adjacent to an activating group) is 1. The minimum Gasteiger partial charge on any atom is -0.493 e. The van der Waals surface area contributed by atoms with E-state index in [9.17, 15) is 9.59 Å². The van der Waals surface area contributed by atoms with Crippen molar-refractivity contribution in [2.75, 3.05) is 60.5 Å². The highest BCUT2D eigenvalue weighted by Gasteiger charge is 2.21. The number of H-pyrrole nitrogens is 1. The largest absolute Gasteiger partial charge is 0.493 e. The molecule has 0 fully saturated rings. The average Bonchev–Trinajstić information content (AvgIpc) is 3.38. The number of hydrogen-bond donors (Lipinski definition) is 2. The number of hydrogen-bond acceptors (Lipinski definition) is 7. The molecule has 0 aliphatic carbocycles. The van der Waals surface area contributed by atoms with Crippen LogP contribution < -0.4 is 24.4 Å². The summed E-state index contributed by atoms with van der Waals surface area (Å²) in [6, 6.07) is 16.2. The number of benzene rings is 2. The number of nitrogens with one attached hydrogen (secondary N) is 2. The Morgan fingerprint density at radius 3 is 2.15 bits per heavy atom. The van der Waals surface area contributed by atoms with E-state index >= 15 is 0 Å². The predicted molar refractivity (Wildman–Crippen MR) is 151 cm³/mol. The number of pyridine rings is 1. The summed E-state index contributed by atoms with van der Waals surface area (Å²) in [4.78, 5) is 37.1. The number of fused-ring (bicyclic) bond motifs is 1. The van der Waals surface area contributed by atoms with Gasteiger partial charge in [-0.05, 0) is 44.4 Å². The molecular weight excluding hydrogens is 498 g/mol. The number of anilines is 1. The molecule has 2 heterocycles. The van der Waals surface area contributed by atoms with Crippen molar-refractivity contribution in [3.63, 3.8) is 0 Å². The monoisotopic (exact) mass is 531 g/mol. The van der Waals surface area contributed by atoms with Crippen LogP contribution in [0.1, 0.15) is 20.8 Å². The second-order valence-corrected chi connectivity index (χ2v) is 9.20. The van der Waals surface area contributed by atoms with Crippen LogP contribution in [0.4, 0.5) is 5.69 Å². The first-order valence-electron chi connectivity index (χ1n) is 12.4. The Hall–Kier alpha value is -4.57. The van der Waals surface area contributed by atoms with Crippen molar-refractivity contribution in [1.29, 1.82) is 0 Å². The molecule has 2 amide bonds. The maximum absolute atomic E-state index is 13.4. The van der Waals surface area contributed by atoms with Gasteiger partial charge in [0.05, 0.1) is 43.7 Å². The van der Waals surface area contributed by atoms with Gasteiger partial charge >= 0.3 is 0 Å². The van der Waals surface area contributed by atoms with E-state index in [1.165, 1.54) is 26.2 Å². The van der Waals surface area contributed by atoms with Crippen LogP contribution >= 0.6 is 0 Å². The molecule has 204 valence electrons. The van der Waals surface area contributed by atoms with Gasteiger partial charge in [-0.25, -0.2) is 4.98 Å². The van der Waals surface area contributed by atoms with E-state index in [0.29, 0.717) is 46.3 Å². The Bertz CT molecular complexity index is 1450. The summed E-state index contributed by atoms with van der Waals surface area (Å²) in [5.74, 6) is 0.980. The number of rotatable bonds is 10. The van der Waals surface area contributed by atoms with Gasteiger partial charge in [-0.1, -0.05) is 12.1 Å². The molecule has 10 heteroatoms. The van der Waals surface area contributed by atoms with E-state index in [1.807, 2.05) is 43.3 Å². The van der Waals surface area contributed by atoms with Crippen molar-refractivity contribution in [3.8, 4) is 28.5 Å². The Kier molecular flexibility index (Phi) is 8.36. The molecule has 0 bridgehead atoms. The Labute approximate surface area is 227 Å². The van der Waals surface area contributed by atoms with Gasteiger partial charge < -0.3 is 34.3 Å². The molecule has 0 saturated heterocycles. The minimum absolute atomic E-state index is 0.114. The van der Waals surface area contributed by atoms with Crippen molar-refractivity contribution in [1.82, 2.24) is 20.2 Å².